The topological polar surface area (TPSA) is 48.8 Å². The fourth-order valence-corrected chi connectivity index (χ4v) is 2.08. The second-order valence-electron chi connectivity index (χ2n) is 3.69. The monoisotopic (exact) mass is 179 g/mol. The summed E-state index contributed by atoms with van der Waals surface area (Å²) < 4.78 is 0. The van der Waals surface area contributed by atoms with Crippen molar-refractivity contribution in [2.45, 2.75) is 45.1 Å². The summed E-state index contributed by atoms with van der Waals surface area (Å²) in [6.45, 7) is 6.13. The molecule has 1 aliphatic carbocycles. The van der Waals surface area contributed by atoms with Gasteiger partial charge in [0.2, 0.25) is 0 Å². The molecule has 0 aromatic carbocycles. The first-order chi connectivity index (χ1) is 6.29. The molecule has 0 aliphatic heterocycles. The lowest BCUT2D eigenvalue weighted by molar-refractivity contribution is 0.378. The zero-order valence-electron chi connectivity index (χ0n) is 8.24. The van der Waals surface area contributed by atoms with E-state index < -0.39 is 0 Å². The Hall–Kier alpha value is -0.950. The minimum absolute atomic E-state index is 0.137. The van der Waals surface area contributed by atoms with Gasteiger partial charge in [0.25, 0.3) is 0 Å². The number of hydrogen-bond acceptors (Lipinski definition) is 1. The van der Waals surface area contributed by atoms with Crippen molar-refractivity contribution >= 4 is 0 Å². The lowest BCUT2D eigenvalue weighted by atomic mass is 9.80. The summed E-state index contributed by atoms with van der Waals surface area (Å²) in [5, 5.41) is 3.84. The van der Waals surface area contributed by atoms with Gasteiger partial charge in [0.1, 0.15) is 0 Å². The van der Waals surface area contributed by atoms with Gasteiger partial charge in [-0.3, -0.25) is 0 Å². The molecule has 1 fully saturated rings. The lowest BCUT2D eigenvalue weighted by Gasteiger charge is -2.28. The van der Waals surface area contributed by atoms with E-state index in [1.54, 1.807) is 0 Å². The third-order valence-electron chi connectivity index (χ3n) is 2.87. The van der Waals surface area contributed by atoms with Gasteiger partial charge in [0.15, 0.2) is 0 Å². The molecule has 1 saturated carbocycles. The summed E-state index contributed by atoms with van der Waals surface area (Å²) in [4.78, 5) is 2.90. The summed E-state index contributed by atoms with van der Waals surface area (Å²) >= 11 is 0. The molecule has 2 unspecified atom stereocenters. The summed E-state index contributed by atoms with van der Waals surface area (Å²) in [5.41, 5.74) is 9.70. The summed E-state index contributed by atoms with van der Waals surface area (Å²) in [7, 11) is 0. The Labute approximate surface area is 79.5 Å². The molecule has 0 N–H and O–H groups in total. The molecule has 3 nitrogen and oxygen atoms in total. The van der Waals surface area contributed by atoms with Crippen molar-refractivity contribution in [3.8, 4) is 0 Å². The molecule has 0 aromatic rings. The Morgan fingerprint density at radius 3 is 3.00 bits per heavy atom. The molecule has 0 aromatic heterocycles. The highest BCUT2D eigenvalue weighted by atomic mass is 15.1. The standard InChI is InChI=1S/C10H17N3/c1-3-10(12-13-11)9-7-5-4-6-8(9)2/h9-10H,2-7H2,1H3. The second-order valence-corrected chi connectivity index (χ2v) is 3.69. The molecule has 72 valence electrons. The lowest BCUT2D eigenvalue weighted by Crippen LogP contribution is -2.22. The fraction of sp³-hybridized carbons (Fsp3) is 0.800. The maximum absolute atomic E-state index is 8.41. The van der Waals surface area contributed by atoms with Crippen LogP contribution in [-0.2, 0) is 0 Å². The molecular formula is C10H17N3. The van der Waals surface area contributed by atoms with E-state index in [0.717, 1.165) is 19.3 Å². The minimum Gasteiger partial charge on any atom is -0.0996 e. The van der Waals surface area contributed by atoms with Crippen LogP contribution in [0.25, 0.3) is 10.4 Å². The van der Waals surface area contributed by atoms with Crippen LogP contribution in [0.5, 0.6) is 0 Å². The molecule has 3 heteroatoms. The third-order valence-corrected chi connectivity index (χ3v) is 2.87. The van der Waals surface area contributed by atoms with E-state index in [4.69, 9.17) is 5.53 Å². The van der Waals surface area contributed by atoms with Gasteiger partial charge in [0.05, 0.1) is 0 Å². The molecule has 0 heterocycles. The number of hydrogen-bond donors (Lipinski definition) is 0. The smallest absolute Gasteiger partial charge is 0.0436 e. The van der Waals surface area contributed by atoms with E-state index in [2.05, 4.69) is 23.5 Å². The quantitative estimate of drug-likeness (QED) is 0.274. The van der Waals surface area contributed by atoms with E-state index >= 15 is 0 Å². The van der Waals surface area contributed by atoms with Crippen LogP contribution < -0.4 is 0 Å². The Morgan fingerprint density at radius 1 is 1.69 bits per heavy atom. The largest absolute Gasteiger partial charge is 0.0996 e. The van der Waals surface area contributed by atoms with Gasteiger partial charge in [-0.25, -0.2) is 0 Å². The summed E-state index contributed by atoms with van der Waals surface area (Å²) in [6.07, 6.45) is 5.69. The van der Waals surface area contributed by atoms with E-state index in [1.807, 2.05) is 0 Å². The third kappa shape index (κ3) is 2.49. The number of azide groups is 1. The average molecular weight is 179 g/mol. The SMILES string of the molecule is C=C1CCCCC1C(CC)N=[N+]=[N-]. The Kier molecular flexibility index (Phi) is 3.84. The van der Waals surface area contributed by atoms with Crippen LogP contribution in [0.2, 0.25) is 0 Å². The van der Waals surface area contributed by atoms with Crippen LogP contribution in [0.1, 0.15) is 39.0 Å². The normalized spacial score (nSPS) is 25.0. The van der Waals surface area contributed by atoms with Crippen LogP contribution >= 0.6 is 0 Å². The van der Waals surface area contributed by atoms with Crippen molar-refractivity contribution in [2.75, 3.05) is 0 Å². The minimum atomic E-state index is 0.137. The highest BCUT2D eigenvalue weighted by molar-refractivity contribution is 5.07. The number of nitrogens with zero attached hydrogens (tertiary/aromatic N) is 3. The van der Waals surface area contributed by atoms with Crippen molar-refractivity contribution in [3.05, 3.63) is 22.6 Å². The maximum atomic E-state index is 8.41. The molecule has 1 aliphatic rings. The van der Waals surface area contributed by atoms with Crippen LogP contribution in [0, 0.1) is 5.92 Å². The first-order valence-corrected chi connectivity index (χ1v) is 5.01. The molecule has 0 bridgehead atoms. The van der Waals surface area contributed by atoms with Gasteiger partial charge in [0, 0.05) is 11.0 Å². The molecular weight excluding hydrogens is 162 g/mol. The van der Waals surface area contributed by atoms with Gasteiger partial charge in [-0.1, -0.05) is 30.6 Å². The molecule has 0 amide bonds. The number of rotatable bonds is 3. The van der Waals surface area contributed by atoms with Gasteiger partial charge >= 0.3 is 0 Å². The van der Waals surface area contributed by atoms with Crippen molar-refractivity contribution in [1.29, 1.82) is 0 Å². The maximum Gasteiger partial charge on any atom is 0.0436 e. The highest BCUT2D eigenvalue weighted by Gasteiger charge is 2.23. The van der Waals surface area contributed by atoms with E-state index in [-0.39, 0.29) is 6.04 Å². The van der Waals surface area contributed by atoms with E-state index in [1.165, 1.54) is 18.4 Å². The van der Waals surface area contributed by atoms with Gasteiger partial charge in [-0.05, 0) is 37.1 Å². The zero-order chi connectivity index (χ0) is 9.68. The Morgan fingerprint density at radius 2 is 2.46 bits per heavy atom. The predicted molar refractivity (Wildman–Crippen MR) is 54.3 cm³/mol. The van der Waals surface area contributed by atoms with Crippen LogP contribution in [0.3, 0.4) is 0 Å². The molecule has 1 rings (SSSR count). The Balaban J connectivity index is 2.65. The van der Waals surface area contributed by atoms with E-state index in [0.29, 0.717) is 5.92 Å². The van der Waals surface area contributed by atoms with Crippen molar-refractivity contribution < 1.29 is 0 Å². The zero-order valence-corrected chi connectivity index (χ0v) is 8.24. The molecule has 2 atom stereocenters. The van der Waals surface area contributed by atoms with Crippen molar-refractivity contribution in [2.24, 2.45) is 11.0 Å². The predicted octanol–water partition coefficient (Wildman–Crippen LogP) is 3.82. The first-order valence-electron chi connectivity index (χ1n) is 5.01. The van der Waals surface area contributed by atoms with Crippen molar-refractivity contribution in [3.63, 3.8) is 0 Å². The molecule has 13 heavy (non-hydrogen) atoms. The first kappa shape index (κ1) is 10.1. The van der Waals surface area contributed by atoms with Gasteiger partial charge in [-0.2, -0.15) is 0 Å². The molecule has 0 radical (unpaired) electrons. The Bertz CT molecular complexity index is 228. The fourth-order valence-electron chi connectivity index (χ4n) is 2.08. The summed E-state index contributed by atoms with van der Waals surface area (Å²) in [6, 6.07) is 0.137. The van der Waals surface area contributed by atoms with Gasteiger partial charge in [-0.15, -0.1) is 0 Å². The second kappa shape index (κ2) is 4.93. The van der Waals surface area contributed by atoms with Crippen molar-refractivity contribution in [1.82, 2.24) is 0 Å². The van der Waals surface area contributed by atoms with Gasteiger partial charge < -0.3 is 0 Å². The molecule has 0 spiro atoms. The average Bonchev–Trinajstić information content (AvgIpc) is 2.16. The van der Waals surface area contributed by atoms with Crippen LogP contribution in [0.4, 0.5) is 0 Å². The highest BCUT2D eigenvalue weighted by Crippen LogP contribution is 2.33. The van der Waals surface area contributed by atoms with E-state index in [9.17, 15) is 0 Å². The van der Waals surface area contributed by atoms with Crippen LogP contribution in [0.15, 0.2) is 17.3 Å². The summed E-state index contributed by atoms with van der Waals surface area (Å²) in [5.74, 6) is 0.439. The molecule has 0 saturated heterocycles. The van der Waals surface area contributed by atoms with Crippen LogP contribution in [-0.4, -0.2) is 6.04 Å².